The Balaban J connectivity index is 1.91. The first kappa shape index (κ1) is 11.5. The van der Waals surface area contributed by atoms with Crippen molar-refractivity contribution in [2.75, 3.05) is 11.9 Å². The molecule has 0 aliphatic heterocycles. The molecule has 1 aromatic rings. The van der Waals surface area contributed by atoms with Gasteiger partial charge >= 0.3 is 0 Å². The van der Waals surface area contributed by atoms with E-state index >= 15 is 0 Å². The summed E-state index contributed by atoms with van der Waals surface area (Å²) in [7, 11) is 0. The smallest absolute Gasteiger partial charge is 0.202 e. The summed E-state index contributed by atoms with van der Waals surface area (Å²) in [5, 5.41) is 13.6. The fourth-order valence-electron chi connectivity index (χ4n) is 2.36. The molecule has 0 unspecified atom stereocenters. The van der Waals surface area contributed by atoms with Gasteiger partial charge in [-0.2, -0.15) is 0 Å². The lowest BCUT2D eigenvalue weighted by atomic mass is 9.85. The number of imidazole rings is 1. The van der Waals surface area contributed by atoms with E-state index in [9.17, 15) is 5.11 Å². The fourth-order valence-corrected chi connectivity index (χ4v) is 2.36. The number of aliphatic hydroxyl groups is 1. The van der Waals surface area contributed by atoms with E-state index in [4.69, 9.17) is 0 Å². The third-order valence-electron chi connectivity index (χ3n) is 3.42. The van der Waals surface area contributed by atoms with Gasteiger partial charge in [0.1, 0.15) is 0 Å². The van der Waals surface area contributed by atoms with Crippen molar-refractivity contribution in [1.29, 1.82) is 0 Å². The molecule has 0 spiro atoms. The third kappa shape index (κ3) is 2.55. The van der Waals surface area contributed by atoms with Crippen LogP contribution in [0.25, 0.3) is 0 Å². The first-order valence-electron chi connectivity index (χ1n) is 6.21. The maximum absolute atomic E-state index is 10.3. The molecule has 4 heteroatoms. The van der Waals surface area contributed by atoms with Gasteiger partial charge in [0.2, 0.25) is 5.95 Å². The Hall–Kier alpha value is -1.03. The minimum absolute atomic E-state index is 0.525. The number of hydrogen-bond acceptors (Lipinski definition) is 3. The van der Waals surface area contributed by atoms with E-state index in [-0.39, 0.29) is 0 Å². The molecule has 2 rings (SSSR count). The van der Waals surface area contributed by atoms with Gasteiger partial charge < -0.3 is 15.0 Å². The number of hydrogen-bond donors (Lipinski definition) is 2. The van der Waals surface area contributed by atoms with Gasteiger partial charge in [0.25, 0.3) is 0 Å². The van der Waals surface area contributed by atoms with Crippen molar-refractivity contribution in [3.8, 4) is 0 Å². The zero-order chi connectivity index (χ0) is 11.4. The molecule has 0 amide bonds. The van der Waals surface area contributed by atoms with E-state index in [1.54, 1.807) is 6.20 Å². The van der Waals surface area contributed by atoms with Crippen molar-refractivity contribution in [2.24, 2.45) is 0 Å². The molecule has 1 saturated carbocycles. The molecule has 16 heavy (non-hydrogen) atoms. The summed E-state index contributed by atoms with van der Waals surface area (Å²) in [5.74, 6) is 0.862. The Morgan fingerprint density at radius 3 is 2.88 bits per heavy atom. The molecule has 0 aromatic carbocycles. The second-order valence-corrected chi connectivity index (χ2v) is 4.68. The first-order valence-corrected chi connectivity index (χ1v) is 6.21. The van der Waals surface area contributed by atoms with Crippen LogP contribution in [0.5, 0.6) is 0 Å². The molecule has 0 saturated heterocycles. The van der Waals surface area contributed by atoms with Gasteiger partial charge in [-0.05, 0) is 19.8 Å². The Labute approximate surface area is 96.7 Å². The second-order valence-electron chi connectivity index (χ2n) is 4.68. The lowest BCUT2D eigenvalue weighted by Crippen LogP contribution is -2.39. The van der Waals surface area contributed by atoms with E-state index in [0.29, 0.717) is 6.54 Å². The van der Waals surface area contributed by atoms with Crippen LogP contribution in [-0.2, 0) is 6.54 Å². The minimum atomic E-state index is -0.525. The van der Waals surface area contributed by atoms with Crippen LogP contribution in [0.1, 0.15) is 39.0 Å². The number of anilines is 1. The highest BCUT2D eigenvalue weighted by molar-refractivity contribution is 5.26. The molecule has 2 N–H and O–H groups in total. The highest BCUT2D eigenvalue weighted by atomic mass is 16.3. The van der Waals surface area contributed by atoms with Crippen LogP contribution in [0.4, 0.5) is 5.95 Å². The van der Waals surface area contributed by atoms with Gasteiger partial charge in [0.15, 0.2) is 0 Å². The first-order chi connectivity index (χ1) is 7.73. The maximum atomic E-state index is 10.3. The standard InChI is InChI=1S/C12H21N3O/c1-2-15-9-8-13-11(15)14-10-12(16)6-4-3-5-7-12/h8-9,16H,2-7,10H2,1H3,(H,13,14). The Bertz CT molecular complexity index is 329. The van der Waals surface area contributed by atoms with Crippen molar-refractivity contribution in [1.82, 2.24) is 9.55 Å². The third-order valence-corrected chi connectivity index (χ3v) is 3.42. The van der Waals surface area contributed by atoms with Crippen LogP contribution >= 0.6 is 0 Å². The number of nitrogens with zero attached hydrogens (tertiary/aromatic N) is 2. The van der Waals surface area contributed by atoms with Gasteiger partial charge in [0, 0.05) is 25.5 Å². The van der Waals surface area contributed by atoms with E-state index < -0.39 is 5.60 Å². The monoisotopic (exact) mass is 223 g/mol. The zero-order valence-electron chi connectivity index (χ0n) is 9.95. The topological polar surface area (TPSA) is 50.1 Å². The molecule has 4 nitrogen and oxygen atoms in total. The minimum Gasteiger partial charge on any atom is -0.388 e. The molecular weight excluding hydrogens is 202 g/mol. The van der Waals surface area contributed by atoms with Crippen LogP contribution in [0.3, 0.4) is 0 Å². The van der Waals surface area contributed by atoms with Crippen molar-refractivity contribution in [2.45, 2.75) is 51.2 Å². The van der Waals surface area contributed by atoms with Crippen molar-refractivity contribution in [3.05, 3.63) is 12.4 Å². The molecule has 90 valence electrons. The number of nitrogens with one attached hydrogen (secondary N) is 1. The van der Waals surface area contributed by atoms with E-state index in [1.165, 1.54) is 6.42 Å². The molecule has 0 atom stereocenters. The Kier molecular flexibility index (Phi) is 3.49. The Morgan fingerprint density at radius 1 is 1.44 bits per heavy atom. The number of aromatic nitrogens is 2. The fraction of sp³-hybridized carbons (Fsp3) is 0.750. The van der Waals surface area contributed by atoms with Gasteiger partial charge in [-0.1, -0.05) is 19.3 Å². The highest BCUT2D eigenvalue weighted by Gasteiger charge is 2.29. The largest absolute Gasteiger partial charge is 0.388 e. The number of aryl methyl sites for hydroxylation is 1. The van der Waals surface area contributed by atoms with Crippen LogP contribution in [0.2, 0.25) is 0 Å². The average molecular weight is 223 g/mol. The SMILES string of the molecule is CCn1ccnc1NCC1(O)CCCCC1. The highest BCUT2D eigenvalue weighted by Crippen LogP contribution is 2.28. The normalized spacial score (nSPS) is 19.6. The summed E-state index contributed by atoms with van der Waals surface area (Å²) >= 11 is 0. The summed E-state index contributed by atoms with van der Waals surface area (Å²) in [4.78, 5) is 4.24. The van der Waals surface area contributed by atoms with Crippen LogP contribution in [0.15, 0.2) is 12.4 Å². The lowest BCUT2D eigenvalue weighted by Gasteiger charge is -2.32. The van der Waals surface area contributed by atoms with Gasteiger partial charge in [0.05, 0.1) is 5.60 Å². The van der Waals surface area contributed by atoms with Crippen molar-refractivity contribution >= 4 is 5.95 Å². The summed E-state index contributed by atoms with van der Waals surface area (Å²) in [5.41, 5.74) is -0.525. The van der Waals surface area contributed by atoms with Gasteiger partial charge in [-0.3, -0.25) is 0 Å². The van der Waals surface area contributed by atoms with Crippen LogP contribution in [-0.4, -0.2) is 26.8 Å². The van der Waals surface area contributed by atoms with Gasteiger partial charge in [-0.25, -0.2) is 4.98 Å². The summed E-state index contributed by atoms with van der Waals surface area (Å²) in [6, 6.07) is 0. The predicted molar refractivity (Wildman–Crippen MR) is 64.4 cm³/mol. The molecule has 1 aromatic heterocycles. The molecule has 0 bridgehead atoms. The molecule has 0 radical (unpaired) electrons. The van der Waals surface area contributed by atoms with Crippen molar-refractivity contribution in [3.63, 3.8) is 0 Å². The van der Waals surface area contributed by atoms with E-state index in [0.717, 1.165) is 38.2 Å². The van der Waals surface area contributed by atoms with Crippen LogP contribution < -0.4 is 5.32 Å². The Morgan fingerprint density at radius 2 is 2.19 bits per heavy atom. The van der Waals surface area contributed by atoms with Crippen LogP contribution in [0, 0.1) is 0 Å². The second kappa shape index (κ2) is 4.87. The average Bonchev–Trinajstić information content (AvgIpc) is 2.75. The number of rotatable bonds is 4. The molecule has 1 aliphatic rings. The molecule has 1 fully saturated rings. The van der Waals surface area contributed by atoms with E-state index in [2.05, 4.69) is 17.2 Å². The molecule has 1 heterocycles. The molecular formula is C12H21N3O. The molecule has 1 aliphatic carbocycles. The lowest BCUT2D eigenvalue weighted by molar-refractivity contribution is 0.0165. The van der Waals surface area contributed by atoms with Gasteiger partial charge in [-0.15, -0.1) is 0 Å². The van der Waals surface area contributed by atoms with E-state index in [1.807, 2.05) is 10.8 Å². The summed E-state index contributed by atoms with van der Waals surface area (Å²) in [6.07, 6.45) is 9.09. The quantitative estimate of drug-likeness (QED) is 0.821. The maximum Gasteiger partial charge on any atom is 0.202 e. The van der Waals surface area contributed by atoms with Crippen molar-refractivity contribution < 1.29 is 5.11 Å². The summed E-state index contributed by atoms with van der Waals surface area (Å²) < 4.78 is 2.05. The zero-order valence-corrected chi connectivity index (χ0v) is 9.95. The predicted octanol–water partition coefficient (Wildman–Crippen LogP) is 2.01. The summed E-state index contributed by atoms with van der Waals surface area (Å²) in [6.45, 7) is 3.60.